The lowest BCUT2D eigenvalue weighted by atomic mass is 9.95. The SMILES string of the molecule is CCOc1cc([C@@H]2c3nc[nH]c3CCN2Cc2ccco2)ccc1OC. The van der Waals surface area contributed by atoms with E-state index in [1.54, 1.807) is 19.7 Å². The molecule has 3 aromatic rings. The van der Waals surface area contributed by atoms with Crippen LogP contribution in [-0.4, -0.2) is 35.1 Å². The van der Waals surface area contributed by atoms with E-state index in [1.807, 2.05) is 25.1 Å². The van der Waals surface area contributed by atoms with Crippen molar-refractivity contribution in [1.29, 1.82) is 0 Å². The molecule has 1 aliphatic heterocycles. The monoisotopic (exact) mass is 353 g/mol. The highest BCUT2D eigenvalue weighted by Gasteiger charge is 2.32. The minimum atomic E-state index is 0.0419. The molecule has 4 rings (SSSR count). The zero-order valence-corrected chi connectivity index (χ0v) is 15.1. The van der Waals surface area contributed by atoms with Crippen LogP contribution in [0.25, 0.3) is 0 Å². The van der Waals surface area contributed by atoms with E-state index < -0.39 is 0 Å². The summed E-state index contributed by atoms with van der Waals surface area (Å²) in [6.45, 7) is 4.23. The van der Waals surface area contributed by atoms with E-state index in [0.29, 0.717) is 6.61 Å². The van der Waals surface area contributed by atoms with Gasteiger partial charge in [0.15, 0.2) is 11.5 Å². The van der Waals surface area contributed by atoms with Gasteiger partial charge >= 0.3 is 0 Å². The van der Waals surface area contributed by atoms with Gasteiger partial charge in [0.2, 0.25) is 0 Å². The highest BCUT2D eigenvalue weighted by Crippen LogP contribution is 2.38. The van der Waals surface area contributed by atoms with Crippen LogP contribution in [0, 0.1) is 0 Å². The summed E-state index contributed by atoms with van der Waals surface area (Å²) in [6.07, 6.45) is 4.44. The molecule has 26 heavy (non-hydrogen) atoms. The van der Waals surface area contributed by atoms with Crippen LogP contribution in [0.1, 0.15) is 35.7 Å². The van der Waals surface area contributed by atoms with Gasteiger partial charge in [0, 0.05) is 18.7 Å². The van der Waals surface area contributed by atoms with Crippen LogP contribution in [0.2, 0.25) is 0 Å². The number of furan rings is 1. The van der Waals surface area contributed by atoms with Gasteiger partial charge in [-0.3, -0.25) is 4.90 Å². The van der Waals surface area contributed by atoms with Gasteiger partial charge in [-0.15, -0.1) is 0 Å². The Morgan fingerprint density at radius 1 is 1.31 bits per heavy atom. The zero-order chi connectivity index (χ0) is 17.9. The normalized spacial score (nSPS) is 17.1. The van der Waals surface area contributed by atoms with Crippen molar-refractivity contribution in [1.82, 2.24) is 14.9 Å². The van der Waals surface area contributed by atoms with Crippen molar-refractivity contribution in [2.75, 3.05) is 20.3 Å². The first-order valence-electron chi connectivity index (χ1n) is 8.89. The van der Waals surface area contributed by atoms with Crippen LogP contribution in [0.15, 0.2) is 47.3 Å². The Morgan fingerprint density at radius 3 is 3.00 bits per heavy atom. The van der Waals surface area contributed by atoms with Crippen molar-refractivity contribution in [3.05, 3.63) is 65.6 Å². The van der Waals surface area contributed by atoms with Gasteiger partial charge in [0.1, 0.15) is 5.76 Å². The Morgan fingerprint density at radius 2 is 2.23 bits per heavy atom. The second-order valence-electron chi connectivity index (χ2n) is 6.31. The van der Waals surface area contributed by atoms with Gasteiger partial charge in [-0.1, -0.05) is 6.07 Å². The average molecular weight is 353 g/mol. The van der Waals surface area contributed by atoms with Crippen molar-refractivity contribution < 1.29 is 13.9 Å². The number of rotatable bonds is 6. The van der Waals surface area contributed by atoms with E-state index in [9.17, 15) is 0 Å². The summed E-state index contributed by atoms with van der Waals surface area (Å²) < 4.78 is 16.8. The molecule has 2 aromatic heterocycles. The predicted octanol–water partition coefficient (Wildman–Crippen LogP) is 3.56. The topological polar surface area (TPSA) is 63.5 Å². The summed E-state index contributed by atoms with van der Waals surface area (Å²) in [4.78, 5) is 10.3. The number of aromatic amines is 1. The maximum atomic E-state index is 5.78. The molecule has 0 bridgehead atoms. The van der Waals surface area contributed by atoms with E-state index in [0.717, 1.165) is 48.0 Å². The standard InChI is InChI=1S/C20H23N3O3/c1-3-25-18-11-14(6-7-17(18)24-2)20-19-16(21-13-22-19)8-9-23(20)12-15-5-4-10-26-15/h4-7,10-11,13,20H,3,8-9,12H2,1-2H3,(H,21,22)/t20-/m1/s1. The number of benzene rings is 1. The average Bonchev–Trinajstić information content (AvgIpc) is 3.33. The molecule has 1 aromatic carbocycles. The lowest BCUT2D eigenvalue weighted by Gasteiger charge is -2.34. The largest absolute Gasteiger partial charge is 0.493 e. The third-order valence-electron chi connectivity index (χ3n) is 4.77. The van der Waals surface area contributed by atoms with E-state index in [4.69, 9.17) is 13.9 Å². The first-order chi connectivity index (χ1) is 12.8. The molecule has 1 N–H and O–H groups in total. The van der Waals surface area contributed by atoms with Gasteiger partial charge in [-0.05, 0) is 36.8 Å². The first-order valence-corrected chi connectivity index (χ1v) is 8.89. The van der Waals surface area contributed by atoms with Crippen molar-refractivity contribution >= 4 is 0 Å². The molecule has 3 heterocycles. The molecule has 1 atom stereocenters. The number of nitrogens with one attached hydrogen (secondary N) is 1. The molecule has 0 radical (unpaired) electrons. The van der Waals surface area contributed by atoms with Crippen LogP contribution in [0.5, 0.6) is 11.5 Å². The van der Waals surface area contributed by atoms with E-state index in [1.165, 1.54) is 5.69 Å². The highest BCUT2D eigenvalue weighted by atomic mass is 16.5. The molecule has 0 amide bonds. The second kappa shape index (κ2) is 7.25. The van der Waals surface area contributed by atoms with Crippen molar-refractivity contribution in [2.24, 2.45) is 0 Å². The van der Waals surface area contributed by atoms with Crippen LogP contribution >= 0.6 is 0 Å². The van der Waals surface area contributed by atoms with Gasteiger partial charge < -0.3 is 18.9 Å². The van der Waals surface area contributed by atoms with Crippen molar-refractivity contribution in [3.8, 4) is 11.5 Å². The van der Waals surface area contributed by atoms with Crippen LogP contribution < -0.4 is 9.47 Å². The lowest BCUT2D eigenvalue weighted by Crippen LogP contribution is -2.35. The Hall–Kier alpha value is -2.73. The van der Waals surface area contributed by atoms with Crippen LogP contribution in [0.3, 0.4) is 0 Å². The van der Waals surface area contributed by atoms with Gasteiger partial charge in [-0.25, -0.2) is 4.98 Å². The third kappa shape index (κ3) is 3.08. The first kappa shape index (κ1) is 16.7. The maximum absolute atomic E-state index is 5.78. The number of H-pyrrole nitrogens is 1. The zero-order valence-electron chi connectivity index (χ0n) is 15.1. The number of hydrogen-bond donors (Lipinski definition) is 1. The second-order valence-corrected chi connectivity index (χ2v) is 6.31. The molecular weight excluding hydrogens is 330 g/mol. The fourth-order valence-corrected chi connectivity index (χ4v) is 3.60. The summed E-state index contributed by atoms with van der Waals surface area (Å²) in [5.41, 5.74) is 3.39. The molecule has 6 heteroatoms. The fourth-order valence-electron chi connectivity index (χ4n) is 3.60. The molecule has 0 aliphatic carbocycles. The van der Waals surface area contributed by atoms with Crippen molar-refractivity contribution in [2.45, 2.75) is 25.9 Å². The number of fused-ring (bicyclic) bond motifs is 1. The summed E-state index contributed by atoms with van der Waals surface area (Å²) in [5, 5.41) is 0. The molecule has 6 nitrogen and oxygen atoms in total. The molecule has 1 aliphatic rings. The molecule has 0 saturated heterocycles. The fraction of sp³-hybridized carbons (Fsp3) is 0.350. The van der Waals surface area contributed by atoms with Gasteiger partial charge in [-0.2, -0.15) is 0 Å². The van der Waals surface area contributed by atoms with Crippen LogP contribution in [-0.2, 0) is 13.0 Å². The Labute approximate surface area is 152 Å². The Kier molecular flexibility index (Phi) is 4.67. The van der Waals surface area contributed by atoms with E-state index in [2.05, 4.69) is 27.0 Å². The molecule has 0 saturated carbocycles. The molecule has 0 fully saturated rings. The van der Waals surface area contributed by atoms with E-state index in [-0.39, 0.29) is 6.04 Å². The van der Waals surface area contributed by atoms with Crippen LogP contribution in [0.4, 0.5) is 0 Å². The smallest absolute Gasteiger partial charge is 0.161 e. The number of methoxy groups -OCH3 is 1. The number of aromatic nitrogens is 2. The highest BCUT2D eigenvalue weighted by molar-refractivity contribution is 5.46. The van der Waals surface area contributed by atoms with Gasteiger partial charge in [0.05, 0.1) is 44.6 Å². The minimum Gasteiger partial charge on any atom is -0.493 e. The Bertz CT molecular complexity index is 857. The number of imidazole rings is 1. The molecule has 0 unspecified atom stereocenters. The lowest BCUT2D eigenvalue weighted by molar-refractivity contribution is 0.184. The minimum absolute atomic E-state index is 0.0419. The molecule has 0 spiro atoms. The number of hydrogen-bond acceptors (Lipinski definition) is 5. The maximum Gasteiger partial charge on any atom is 0.161 e. The molecule has 136 valence electrons. The predicted molar refractivity (Wildman–Crippen MR) is 97.4 cm³/mol. The van der Waals surface area contributed by atoms with Crippen molar-refractivity contribution in [3.63, 3.8) is 0 Å². The summed E-state index contributed by atoms with van der Waals surface area (Å²) in [6, 6.07) is 10.1. The van der Waals surface area contributed by atoms with E-state index >= 15 is 0 Å². The van der Waals surface area contributed by atoms with Gasteiger partial charge in [0.25, 0.3) is 0 Å². The number of ether oxygens (including phenoxy) is 2. The third-order valence-corrected chi connectivity index (χ3v) is 4.77. The quantitative estimate of drug-likeness (QED) is 0.734. The summed E-state index contributed by atoms with van der Waals surface area (Å²) in [5.74, 6) is 2.45. The Balaban J connectivity index is 1.73. The summed E-state index contributed by atoms with van der Waals surface area (Å²) >= 11 is 0. The number of nitrogens with zero attached hydrogens (tertiary/aromatic N) is 2. The summed E-state index contributed by atoms with van der Waals surface area (Å²) in [7, 11) is 1.66. The molecular formula is C20H23N3O3.